The highest BCUT2D eigenvalue weighted by Gasteiger charge is 2.36. The fourth-order valence-electron chi connectivity index (χ4n) is 2.25. The van der Waals surface area contributed by atoms with Crippen LogP contribution in [0.2, 0.25) is 0 Å². The number of hydrogen-bond donors (Lipinski definition) is 2. The summed E-state index contributed by atoms with van der Waals surface area (Å²) in [6, 6.07) is 3.33. The van der Waals surface area contributed by atoms with Gasteiger partial charge in [-0.1, -0.05) is 6.07 Å². The van der Waals surface area contributed by atoms with Crippen molar-refractivity contribution in [3.05, 3.63) is 35.4 Å². The molecule has 1 aliphatic heterocycles. The van der Waals surface area contributed by atoms with E-state index in [-0.39, 0.29) is 11.9 Å². The molecule has 19 heavy (non-hydrogen) atoms. The Balaban J connectivity index is 2.06. The number of carbonyl (C=O) groups excluding carboxylic acids is 1. The summed E-state index contributed by atoms with van der Waals surface area (Å²) >= 11 is 0. The smallest absolute Gasteiger partial charge is 0.227 e. The maximum atomic E-state index is 13.2. The Hall–Kier alpha value is -1.49. The number of nitrogens with one attached hydrogen (secondary N) is 2. The lowest BCUT2D eigenvalue weighted by atomic mass is 9.88. The highest BCUT2D eigenvalue weighted by Crippen LogP contribution is 2.26. The van der Waals surface area contributed by atoms with Crippen LogP contribution in [0.15, 0.2) is 18.2 Å². The average Bonchev–Trinajstić information content (AvgIpc) is 2.81. The minimum absolute atomic E-state index is 0.0604. The van der Waals surface area contributed by atoms with Crippen molar-refractivity contribution in [1.82, 2.24) is 10.6 Å². The predicted octanol–water partition coefficient (Wildman–Crippen LogP) is 2.14. The summed E-state index contributed by atoms with van der Waals surface area (Å²) in [6.45, 7) is 5.13. The Morgan fingerprint density at radius 1 is 1.42 bits per heavy atom. The van der Waals surface area contributed by atoms with E-state index in [1.807, 2.05) is 6.92 Å². The summed E-state index contributed by atoms with van der Waals surface area (Å²) < 4.78 is 26.0. The number of carbonyl (C=O) groups is 1. The molecule has 0 spiro atoms. The zero-order valence-electron chi connectivity index (χ0n) is 11.1. The van der Waals surface area contributed by atoms with Crippen LogP contribution in [0.1, 0.15) is 31.9 Å². The first kappa shape index (κ1) is 13.9. The van der Waals surface area contributed by atoms with Gasteiger partial charge in [0.25, 0.3) is 0 Å². The fraction of sp³-hybridized carbons (Fsp3) is 0.500. The molecule has 0 radical (unpaired) electrons. The number of rotatable bonds is 3. The van der Waals surface area contributed by atoms with Gasteiger partial charge in [0.05, 0.1) is 11.5 Å². The molecule has 104 valence electrons. The lowest BCUT2D eigenvalue weighted by Gasteiger charge is -2.24. The Kier molecular flexibility index (Phi) is 3.85. The van der Waals surface area contributed by atoms with Crippen molar-refractivity contribution in [1.29, 1.82) is 0 Å². The monoisotopic (exact) mass is 268 g/mol. The second-order valence-electron chi connectivity index (χ2n) is 5.36. The van der Waals surface area contributed by atoms with E-state index in [2.05, 4.69) is 10.6 Å². The first-order valence-electron chi connectivity index (χ1n) is 6.39. The van der Waals surface area contributed by atoms with E-state index in [0.29, 0.717) is 12.1 Å². The van der Waals surface area contributed by atoms with Crippen LogP contribution in [-0.2, 0) is 4.79 Å². The molecule has 1 saturated heterocycles. The first-order chi connectivity index (χ1) is 8.92. The van der Waals surface area contributed by atoms with Gasteiger partial charge in [-0.05, 0) is 44.5 Å². The number of benzene rings is 1. The third-order valence-corrected chi connectivity index (χ3v) is 3.71. The van der Waals surface area contributed by atoms with Gasteiger partial charge in [0.1, 0.15) is 0 Å². The van der Waals surface area contributed by atoms with Crippen LogP contribution in [0.5, 0.6) is 0 Å². The van der Waals surface area contributed by atoms with E-state index in [9.17, 15) is 13.6 Å². The molecule has 3 nitrogen and oxygen atoms in total. The number of amides is 1. The van der Waals surface area contributed by atoms with Crippen molar-refractivity contribution < 1.29 is 13.6 Å². The minimum Gasteiger partial charge on any atom is -0.349 e. The van der Waals surface area contributed by atoms with Crippen LogP contribution in [-0.4, -0.2) is 19.0 Å². The Morgan fingerprint density at radius 2 is 2.16 bits per heavy atom. The molecule has 0 bridgehead atoms. The van der Waals surface area contributed by atoms with Gasteiger partial charge in [-0.3, -0.25) is 4.79 Å². The summed E-state index contributed by atoms with van der Waals surface area (Å²) in [5.74, 6) is -1.84. The fourth-order valence-corrected chi connectivity index (χ4v) is 2.25. The molecular weight excluding hydrogens is 250 g/mol. The molecule has 1 fully saturated rings. The first-order valence-corrected chi connectivity index (χ1v) is 6.39. The second kappa shape index (κ2) is 5.25. The zero-order chi connectivity index (χ0) is 14.0. The van der Waals surface area contributed by atoms with E-state index in [1.165, 1.54) is 6.07 Å². The predicted molar refractivity (Wildman–Crippen MR) is 68.5 cm³/mol. The molecule has 2 atom stereocenters. The van der Waals surface area contributed by atoms with E-state index < -0.39 is 17.0 Å². The van der Waals surface area contributed by atoms with Crippen molar-refractivity contribution in [3.8, 4) is 0 Å². The maximum Gasteiger partial charge on any atom is 0.227 e. The van der Waals surface area contributed by atoms with Gasteiger partial charge in [0, 0.05) is 6.54 Å². The summed E-state index contributed by atoms with van der Waals surface area (Å²) in [5.41, 5.74) is 0.133. The standard InChI is InChI=1S/C14H18F2N2O/c1-9(10-3-4-11(15)12(16)7-10)18-13(19)14(2)5-6-17-8-14/h3-4,7,9,17H,5-6,8H2,1-2H3,(H,18,19). The van der Waals surface area contributed by atoms with Crippen molar-refractivity contribution in [2.75, 3.05) is 13.1 Å². The minimum atomic E-state index is -0.896. The van der Waals surface area contributed by atoms with Gasteiger partial charge in [0.15, 0.2) is 11.6 Å². The average molecular weight is 268 g/mol. The molecule has 5 heteroatoms. The van der Waals surface area contributed by atoms with E-state index >= 15 is 0 Å². The lowest BCUT2D eigenvalue weighted by Crippen LogP contribution is -2.41. The van der Waals surface area contributed by atoms with Gasteiger partial charge < -0.3 is 10.6 Å². The second-order valence-corrected chi connectivity index (χ2v) is 5.36. The molecule has 1 aromatic carbocycles. The summed E-state index contributed by atoms with van der Waals surface area (Å²) in [6.07, 6.45) is 0.781. The summed E-state index contributed by atoms with van der Waals surface area (Å²) in [7, 11) is 0. The third-order valence-electron chi connectivity index (χ3n) is 3.71. The van der Waals surface area contributed by atoms with Gasteiger partial charge in [-0.15, -0.1) is 0 Å². The van der Waals surface area contributed by atoms with Crippen molar-refractivity contribution in [2.24, 2.45) is 5.41 Å². The summed E-state index contributed by atoms with van der Waals surface area (Å²) in [5, 5.41) is 6.01. The topological polar surface area (TPSA) is 41.1 Å². The molecule has 2 unspecified atom stereocenters. The quantitative estimate of drug-likeness (QED) is 0.882. The zero-order valence-corrected chi connectivity index (χ0v) is 11.1. The van der Waals surface area contributed by atoms with Gasteiger partial charge in [-0.25, -0.2) is 8.78 Å². The van der Waals surface area contributed by atoms with Crippen LogP contribution in [0, 0.1) is 17.0 Å². The number of halogens is 2. The molecule has 2 rings (SSSR count). The molecule has 0 saturated carbocycles. The molecule has 0 aromatic heterocycles. The Labute approximate surface area is 111 Å². The molecule has 1 amide bonds. The van der Waals surface area contributed by atoms with Crippen LogP contribution in [0.3, 0.4) is 0 Å². The van der Waals surface area contributed by atoms with E-state index in [1.54, 1.807) is 6.92 Å². The van der Waals surface area contributed by atoms with Crippen molar-refractivity contribution in [2.45, 2.75) is 26.3 Å². The van der Waals surface area contributed by atoms with Gasteiger partial charge >= 0.3 is 0 Å². The Morgan fingerprint density at radius 3 is 2.74 bits per heavy atom. The van der Waals surface area contributed by atoms with Crippen LogP contribution in [0.25, 0.3) is 0 Å². The van der Waals surface area contributed by atoms with E-state index in [4.69, 9.17) is 0 Å². The van der Waals surface area contributed by atoms with Crippen LogP contribution < -0.4 is 10.6 Å². The lowest BCUT2D eigenvalue weighted by molar-refractivity contribution is -0.129. The maximum absolute atomic E-state index is 13.2. The normalized spacial score (nSPS) is 24.2. The van der Waals surface area contributed by atoms with Crippen LogP contribution >= 0.6 is 0 Å². The molecule has 2 N–H and O–H groups in total. The van der Waals surface area contributed by atoms with Crippen LogP contribution in [0.4, 0.5) is 8.78 Å². The van der Waals surface area contributed by atoms with E-state index in [0.717, 1.165) is 25.1 Å². The SMILES string of the molecule is CC(NC(=O)C1(C)CCNC1)c1ccc(F)c(F)c1. The van der Waals surface area contributed by atoms with Gasteiger partial charge in [-0.2, -0.15) is 0 Å². The molecule has 0 aliphatic carbocycles. The molecular formula is C14H18F2N2O. The Bertz CT molecular complexity index is 484. The van der Waals surface area contributed by atoms with Gasteiger partial charge in [0.2, 0.25) is 5.91 Å². The largest absolute Gasteiger partial charge is 0.349 e. The number of hydrogen-bond acceptors (Lipinski definition) is 2. The summed E-state index contributed by atoms with van der Waals surface area (Å²) in [4.78, 5) is 12.2. The van der Waals surface area contributed by atoms with Crippen molar-refractivity contribution in [3.63, 3.8) is 0 Å². The molecule has 1 heterocycles. The van der Waals surface area contributed by atoms with Crippen molar-refractivity contribution >= 4 is 5.91 Å². The third kappa shape index (κ3) is 2.92. The molecule has 1 aromatic rings. The highest BCUT2D eigenvalue weighted by atomic mass is 19.2. The molecule has 1 aliphatic rings. The highest BCUT2D eigenvalue weighted by molar-refractivity contribution is 5.83.